The zero-order valence-electron chi connectivity index (χ0n) is 9.31. The third kappa shape index (κ3) is 9.42. The summed E-state index contributed by atoms with van der Waals surface area (Å²) >= 11 is 0. The van der Waals surface area contributed by atoms with Gasteiger partial charge in [-0.05, 0) is 45.5 Å². The van der Waals surface area contributed by atoms with Crippen LogP contribution in [0.25, 0.3) is 0 Å². The highest BCUT2D eigenvalue weighted by molar-refractivity contribution is 5.72. The summed E-state index contributed by atoms with van der Waals surface area (Å²) in [5.74, 6) is 0. The second kappa shape index (κ2) is 8.91. The van der Waals surface area contributed by atoms with E-state index in [1.54, 1.807) is 0 Å². The Morgan fingerprint density at radius 3 is 2.64 bits per heavy atom. The van der Waals surface area contributed by atoms with Crippen LogP contribution in [0.1, 0.15) is 19.3 Å². The van der Waals surface area contributed by atoms with Gasteiger partial charge in [-0.3, -0.25) is 4.79 Å². The van der Waals surface area contributed by atoms with E-state index in [2.05, 4.69) is 30.9 Å². The quantitative estimate of drug-likeness (QED) is 0.441. The van der Waals surface area contributed by atoms with Crippen molar-refractivity contribution in [1.29, 1.82) is 0 Å². The van der Waals surface area contributed by atoms with Crippen molar-refractivity contribution in [2.75, 3.05) is 33.7 Å². The third-order valence-electron chi connectivity index (χ3n) is 1.96. The summed E-state index contributed by atoms with van der Waals surface area (Å²) in [6, 6.07) is 0. The average Bonchev–Trinajstić information content (AvgIpc) is 2.15. The summed E-state index contributed by atoms with van der Waals surface area (Å²) < 4.78 is 0. The first kappa shape index (κ1) is 13.3. The van der Waals surface area contributed by atoms with Crippen LogP contribution >= 0.6 is 0 Å². The molecule has 0 bridgehead atoms. The Morgan fingerprint density at radius 1 is 1.36 bits per heavy atom. The van der Waals surface area contributed by atoms with E-state index in [1.165, 1.54) is 0 Å². The molecule has 1 N–H and O–H groups in total. The van der Waals surface area contributed by atoms with Gasteiger partial charge in [0.15, 0.2) is 0 Å². The molecular formula is C11H21N2O. The van der Waals surface area contributed by atoms with E-state index in [0.29, 0.717) is 5.57 Å². The van der Waals surface area contributed by atoms with Crippen LogP contribution in [0.15, 0.2) is 12.2 Å². The zero-order valence-corrected chi connectivity index (χ0v) is 9.31. The number of rotatable bonds is 9. The first-order valence-electron chi connectivity index (χ1n) is 5.08. The minimum Gasteiger partial charge on any atom is -0.315 e. The maximum Gasteiger partial charge on any atom is 0.228 e. The second-order valence-corrected chi connectivity index (χ2v) is 3.72. The number of carbonyl (C=O) groups excluding carboxylic acids is 1. The predicted octanol–water partition coefficient (Wildman–Crippen LogP) is 0.974. The van der Waals surface area contributed by atoms with E-state index in [0.717, 1.165) is 38.9 Å². The van der Waals surface area contributed by atoms with E-state index in [9.17, 15) is 4.79 Å². The Bertz CT molecular complexity index is 167. The van der Waals surface area contributed by atoms with E-state index < -0.39 is 0 Å². The molecule has 0 aliphatic heterocycles. The minimum absolute atomic E-state index is 0.582. The highest BCUT2D eigenvalue weighted by Gasteiger charge is 1.94. The van der Waals surface area contributed by atoms with Crippen molar-refractivity contribution in [3.63, 3.8) is 0 Å². The molecule has 0 aliphatic rings. The SMILES string of the molecule is C=C([C]=O)CCCCNCCN(C)C. The van der Waals surface area contributed by atoms with Crippen LogP contribution in [0, 0.1) is 0 Å². The fraction of sp³-hybridized carbons (Fsp3) is 0.727. The van der Waals surface area contributed by atoms with Crippen LogP contribution in [0.4, 0.5) is 0 Å². The van der Waals surface area contributed by atoms with Crippen LogP contribution in [-0.4, -0.2) is 44.9 Å². The molecule has 0 aromatic carbocycles. The molecular weight excluding hydrogens is 176 g/mol. The number of hydrogen-bond acceptors (Lipinski definition) is 3. The highest BCUT2D eigenvalue weighted by atomic mass is 16.1. The molecule has 3 heteroatoms. The molecule has 0 saturated heterocycles. The van der Waals surface area contributed by atoms with Gasteiger partial charge in [0, 0.05) is 13.1 Å². The van der Waals surface area contributed by atoms with Crippen molar-refractivity contribution in [3.05, 3.63) is 12.2 Å². The number of nitrogens with one attached hydrogen (secondary N) is 1. The van der Waals surface area contributed by atoms with Gasteiger partial charge in [-0.15, -0.1) is 0 Å². The summed E-state index contributed by atoms with van der Waals surface area (Å²) in [5.41, 5.74) is 0.582. The molecule has 0 unspecified atom stereocenters. The number of hydrogen-bond donors (Lipinski definition) is 1. The average molecular weight is 197 g/mol. The van der Waals surface area contributed by atoms with Gasteiger partial charge in [0.1, 0.15) is 0 Å². The number of unbranched alkanes of at least 4 members (excludes halogenated alkanes) is 1. The summed E-state index contributed by atoms with van der Waals surface area (Å²) in [5, 5.41) is 3.34. The van der Waals surface area contributed by atoms with E-state index in [-0.39, 0.29) is 0 Å². The first-order chi connectivity index (χ1) is 6.66. The topological polar surface area (TPSA) is 32.3 Å². The molecule has 0 saturated carbocycles. The van der Waals surface area contributed by atoms with Crippen LogP contribution in [-0.2, 0) is 4.79 Å². The van der Waals surface area contributed by atoms with E-state index >= 15 is 0 Å². The van der Waals surface area contributed by atoms with Gasteiger partial charge in [0.25, 0.3) is 0 Å². The Morgan fingerprint density at radius 2 is 2.07 bits per heavy atom. The summed E-state index contributed by atoms with van der Waals surface area (Å²) in [7, 11) is 4.12. The molecule has 0 aromatic heterocycles. The lowest BCUT2D eigenvalue weighted by molar-refractivity contribution is 0.399. The molecule has 14 heavy (non-hydrogen) atoms. The Kier molecular flexibility index (Phi) is 8.48. The molecule has 0 rings (SSSR count). The minimum atomic E-state index is 0.582. The van der Waals surface area contributed by atoms with Crippen molar-refractivity contribution in [2.45, 2.75) is 19.3 Å². The van der Waals surface area contributed by atoms with Gasteiger partial charge in [0.2, 0.25) is 6.29 Å². The number of likely N-dealkylation sites (N-methyl/N-ethyl adjacent to an activating group) is 1. The van der Waals surface area contributed by atoms with Gasteiger partial charge in [-0.25, -0.2) is 0 Å². The number of nitrogens with zero attached hydrogens (tertiary/aromatic N) is 1. The third-order valence-corrected chi connectivity index (χ3v) is 1.96. The van der Waals surface area contributed by atoms with Crippen LogP contribution in [0.5, 0.6) is 0 Å². The van der Waals surface area contributed by atoms with Gasteiger partial charge in [-0.1, -0.05) is 6.58 Å². The van der Waals surface area contributed by atoms with Crippen molar-refractivity contribution in [1.82, 2.24) is 10.2 Å². The molecule has 0 amide bonds. The smallest absolute Gasteiger partial charge is 0.228 e. The largest absolute Gasteiger partial charge is 0.315 e. The summed E-state index contributed by atoms with van der Waals surface area (Å²) in [6.45, 7) is 6.68. The normalized spacial score (nSPS) is 10.5. The van der Waals surface area contributed by atoms with Crippen molar-refractivity contribution < 1.29 is 4.79 Å². The highest BCUT2D eigenvalue weighted by Crippen LogP contribution is 2.01. The first-order valence-corrected chi connectivity index (χ1v) is 5.08. The van der Waals surface area contributed by atoms with Gasteiger partial charge in [0.05, 0.1) is 0 Å². The fourth-order valence-corrected chi connectivity index (χ4v) is 1.07. The van der Waals surface area contributed by atoms with Crippen LogP contribution in [0.2, 0.25) is 0 Å². The molecule has 0 fully saturated rings. The van der Waals surface area contributed by atoms with Crippen LogP contribution in [0.3, 0.4) is 0 Å². The molecule has 81 valence electrons. The molecule has 0 aromatic rings. The lowest BCUT2D eigenvalue weighted by Crippen LogP contribution is -2.27. The fourth-order valence-electron chi connectivity index (χ4n) is 1.07. The van der Waals surface area contributed by atoms with Crippen molar-refractivity contribution in [3.8, 4) is 0 Å². The van der Waals surface area contributed by atoms with Gasteiger partial charge < -0.3 is 10.2 Å². The monoisotopic (exact) mass is 197 g/mol. The maximum absolute atomic E-state index is 10.1. The standard InChI is InChI=1S/C11H21N2O/c1-11(10-14)6-4-5-7-12-8-9-13(2)3/h12H,1,4-9H2,2-3H3. The lowest BCUT2D eigenvalue weighted by atomic mass is 10.1. The van der Waals surface area contributed by atoms with Gasteiger partial charge >= 0.3 is 0 Å². The maximum atomic E-state index is 10.1. The van der Waals surface area contributed by atoms with E-state index in [1.807, 2.05) is 6.29 Å². The van der Waals surface area contributed by atoms with Crippen LogP contribution < -0.4 is 5.32 Å². The Labute approximate surface area is 87.2 Å². The number of allylic oxidation sites excluding steroid dienone is 1. The molecule has 1 radical (unpaired) electrons. The van der Waals surface area contributed by atoms with Crippen molar-refractivity contribution >= 4 is 6.29 Å². The molecule has 0 heterocycles. The summed E-state index contributed by atoms with van der Waals surface area (Å²) in [4.78, 5) is 12.2. The molecule has 0 spiro atoms. The summed E-state index contributed by atoms with van der Waals surface area (Å²) in [6.07, 6.45) is 4.70. The van der Waals surface area contributed by atoms with Gasteiger partial charge in [-0.2, -0.15) is 0 Å². The molecule has 3 nitrogen and oxygen atoms in total. The van der Waals surface area contributed by atoms with Crippen molar-refractivity contribution in [2.24, 2.45) is 0 Å². The van der Waals surface area contributed by atoms with E-state index in [4.69, 9.17) is 0 Å². The zero-order chi connectivity index (χ0) is 10.8. The Hall–Kier alpha value is -0.670. The Balaban J connectivity index is 3.06. The second-order valence-electron chi connectivity index (χ2n) is 3.72. The lowest BCUT2D eigenvalue weighted by Gasteiger charge is -2.09. The molecule has 0 atom stereocenters. The molecule has 0 aliphatic carbocycles. The predicted molar refractivity (Wildman–Crippen MR) is 60.1 cm³/mol.